The van der Waals surface area contributed by atoms with Gasteiger partial charge >= 0.3 is 12.1 Å². The molecule has 152 valence electrons. The van der Waals surface area contributed by atoms with E-state index in [9.17, 15) is 23.1 Å². The summed E-state index contributed by atoms with van der Waals surface area (Å²) in [7, 11) is 0. The molecule has 29 heavy (non-hydrogen) atoms. The number of nitrogens with zero attached hydrogens (tertiary/aromatic N) is 1. The number of hydrogen-bond donors (Lipinski definition) is 1. The SMILES string of the molecule is CCOc1ccccc1-c1ccc(-n2c(C)cc(C(=O)O)c2C)c(C(F)(F)F)c1. The minimum Gasteiger partial charge on any atom is -0.493 e. The predicted octanol–water partition coefficient (Wildman–Crippen LogP) is 5.88. The summed E-state index contributed by atoms with van der Waals surface area (Å²) in [6, 6.07) is 12.3. The quantitative estimate of drug-likeness (QED) is 0.579. The molecule has 0 saturated carbocycles. The fourth-order valence-electron chi connectivity index (χ4n) is 3.46. The van der Waals surface area contributed by atoms with Crippen molar-refractivity contribution in [3.05, 3.63) is 71.0 Å². The number of aromatic nitrogens is 1. The molecular weight excluding hydrogens is 383 g/mol. The monoisotopic (exact) mass is 403 g/mol. The van der Waals surface area contributed by atoms with E-state index >= 15 is 0 Å². The van der Waals surface area contributed by atoms with E-state index in [0.29, 0.717) is 29.2 Å². The zero-order valence-electron chi connectivity index (χ0n) is 16.2. The highest BCUT2D eigenvalue weighted by atomic mass is 19.4. The summed E-state index contributed by atoms with van der Waals surface area (Å²) >= 11 is 0. The number of carboxylic acids is 1. The third kappa shape index (κ3) is 3.85. The van der Waals surface area contributed by atoms with Crippen LogP contribution in [0.5, 0.6) is 5.75 Å². The molecule has 7 heteroatoms. The molecular formula is C22H20F3NO3. The highest BCUT2D eigenvalue weighted by molar-refractivity contribution is 5.89. The fourth-order valence-corrected chi connectivity index (χ4v) is 3.46. The smallest absolute Gasteiger partial charge is 0.418 e. The molecule has 3 rings (SSSR count). The highest BCUT2D eigenvalue weighted by Gasteiger charge is 2.35. The maximum Gasteiger partial charge on any atom is 0.418 e. The molecule has 0 fully saturated rings. The van der Waals surface area contributed by atoms with Crippen LogP contribution in [-0.2, 0) is 6.18 Å². The molecule has 0 unspecified atom stereocenters. The molecule has 0 aliphatic carbocycles. The minimum absolute atomic E-state index is 0.0265. The van der Waals surface area contributed by atoms with Gasteiger partial charge in [0.15, 0.2) is 0 Å². The lowest BCUT2D eigenvalue weighted by atomic mass is 10.00. The number of benzene rings is 2. The first kappa shape index (κ1) is 20.5. The van der Waals surface area contributed by atoms with Gasteiger partial charge in [0, 0.05) is 17.0 Å². The Morgan fingerprint density at radius 1 is 1.10 bits per heavy atom. The van der Waals surface area contributed by atoms with Crippen LogP contribution in [0.3, 0.4) is 0 Å². The molecule has 0 aliphatic heterocycles. The number of aryl methyl sites for hydroxylation is 1. The number of ether oxygens (including phenoxy) is 1. The largest absolute Gasteiger partial charge is 0.493 e. The summed E-state index contributed by atoms with van der Waals surface area (Å²) < 4.78 is 48.7. The Morgan fingerprint density at radius 3 is 2.38 bits per heavy atom. The predicted molar refractivity (Wildman–Crippen MR) is 104 cm³/mol. The van der Waals surface area contributed by atoms with Gasteiger partial charge in [0.2, 0.25) is 0 Å². The standard InChI is InChI=1S/C22H20F3NO3/c1-4-29-20-8-6-5-7-16(20)15-9-10-19(18(12-15)22(23,24)25)26-13(2)11-17(14(26)3)21(27)28/h5-12H,4H2,1-3H3,(H,27,28). The van der Waals surface area contributed by atoms with E-state index in [1.807, 2.05) is 0 Å². The van der Waals surface area contributed by atoms with Crippen LogP contribution >= 0.6 is 0 Å². The topological polar surface area (TPSA) is 51.5 Å². The lowest BCUT2D eigenvalue weighted by Crippen LogP contribution is -2.13. The average molecular weight is 403 g/mol. The van der Waals surface area contributed by atoms with Gasteiger partial charge in [-0.1, -0.05) is 24.3 Å². The Hall–Kier alpha value is -3.22. The first-order valence-corrected chi connectivity index (χ1v) is 9.01. The zero-order valence-corrected chi connectivity index (χ0v) is 16.2. The molecule has 0 amide bonds. The highest BCUT2D eigenvalue weighted by Crippen LogP contribution is 2.39. The van der Waals surface area contributed by atoms with Crippen LogP contribution in [0.15, 0.2) is 48.5 Å². The van der Waals surface area contributed by atoms with Gasteiger partial charge in [-0.25, -0.2) is 4.79 Å². The maximum atomic E-state index is 13.9. The lowest BCUT2D eigenvalue weighted by molar-refractivity contribution is -0.137. The lowest BCUT2D eigenvalue weighted by Gasteiger charge is -2.19. The molecule has 0 radical (unpaired) electrons. The van der Waals surface area contributed by atoms with Crippen LogP contribution in [0.2, 0.25) is 0 Å². The van der Waals surface area contributed by atoms with Crippen LogP contribution in [0.1, 0.15) is 34.2 Å². The Balaban J connectivity index is 2.24. The molecule has 0 spiro atoms. The van der Waals surface area contributed by atoms with Crippen LogP contribution in [-0.4, -0.2) is 22.2 Å². The van der Waals surface area contributed by atoms with Crippen molar-refractivity contribution in [2.45, 2.75) is 26.9 Å². The van der Waals surface area contributed by atoms with Crippen molar-refractivity contribution in [2.75, 3.05) is 6.61 Å². The van der Waals surface area contributed by atoms with Gasteiger partial charge in [0.25, 0.3) is 0 Å². The number of rotatable bonds is 5. The molecule has 1 heterocycles. The molecule has 1 N–H and O–H groups in total. The van der Waals surface area contributed by atoms with Gasteiger partial charge in [-0.05, 0) is 50.6 Å². The first-order chi connectivity index (χ1) is 13.6. The molecule has 4 nitrogen and oxygen atoms in total. The number of aromatic carboxylic acids is 1. The molecule has 0 atom stereocenters. The van der Waals surface area contributed by atoms with E-state index < -0.39 is 17.7 Å². The molecule has 0 saturated heterocycles. The second-order valence-corrected chi connectivity index (χ2v) is 6.58. The molecule has 0 bridgehead atoms. The zero-order chi connectivity index (χ0) is 21.3. The Morgan fingerprint density at radius 2 is 1.79 bits per heavy atom. The number of para-hydroxylation sites is 1. The Labute approximate surface area is 166 Å². The maximum absolute atomic E-state index is 13.9. The summed E-state index contributed by atoms with van der Waals surface area (Å²) in [5, 5.41) is 9.30. The van der Waals surface area contributed by atoms with Crippen molar-refractivity contribution in [2.24, 2.45) is 0 Å². The third-order valence-electron chi connectivity index (χ3n) is 4.70. The van der Waals surface area contributed by atoms with Gasteiger partial charge < -0.3 is 14.4 Å². The van der Waals surface area contributed by atoms with E-state index in [1.54, 1.807) is 44.2 Å². The van der Waals surface area contributed by atoms with E-state index in [2.05, 4.69) is 0 Å². The molecule has 1 aromatic heterocycles. The van der Waals surface area contributed by atoms with Crippen molar-refractivity contribution in [1.29, 1.82) is 0 Å². The van der Waals surface area contributed by atoms with Crippen molar-refractivity contribution in [1.82, 2.24) is 4.57 Å². The Bertz CT molecular complexity index is 1070. The molecule has 3 aromatic rings. The molecule has 2 aromatic carbocycles. The van der Waals surface area contributed by atoms with Crippen molar-refractivity contribution < 1.29 is 27.8 Å². The number of hydrogen-bond acceptors (Lipinski definition) is 2. The number of carboxylic acid groups (broad SMARTS) is 1. The van der Waals surface area contributed by atoms with E-state index in [1.165, 1.54) is 23.6 Å². The minimum atomic E-state index is -4.63. The van der Waals surface area contributed by atoms with Gasteiger partial charge in [-0.3, -0.25) is 0 Å². The summed E-state index contributed by atoms with van der Waals surface area (Å²) in [5.41, 5.74) is 0.583. The summed E-state index contributed by atoms with van der Waals surface area (Å²) in [6.45, 7) is 5.27. The second kappa shape index (κ2) is 7.66. The number of carbonyl (C=O) groups is 1. The Kier molecular flexibility index (Phi) is 5.42. The van der Waals surface area contributed by atoms with Crippen molar-refractivity contribution in [3.63, 3.8) is 0 Å². The summed E-state index contributed by atoms with van der Waals surface area (Å²) in [4.78, 5) is 11.4. The second-order valence-electron chi connectivity index (χ2n) is 6.58. The first-order valence-electron chi connectivity index (χ1n) is 9.01. The molecule has 0 aliphatic rings. The van der Waals surface area contributed by atoms with E-state index in [-0.39, 0.29) is 16.9 Å². The summed E-state index contributed by atoms with van der Waals surface area (Å²) in [6.07, 6.45) is -4.63. The van der Waals surface area contributed by atoms with Crippen LogP contribution in [0.4, 0.5) is 13.2 Å². The van der Waals surface area contributed by atoms with Crippen LogP contribution in [0, 0.1) is 13.8 Å². The van der Waals surface area contributed by atoms with E-state index in [4.69, 9.17) is 4.74 Å². The van der Waals surface area contributed by atoms with Gasteiger partial charge in [-0.2, -0.15) is 13.2 Å². The average Bonchev–Trinajstić information content (AvgIpc) is 2.96. The fraction of sp³-hybridized carbons (Fsp3) is 0.227. The number of alkyl halides is 3. The van der Waals surface area contributed by atoms with Gasteiger partial charge in [-0.15, -0.1) is 0 Å². The normalized spacial score (nSPS) is 11.5. The van der Waals surface area contributed by atoms with Crippen LogP contribution < -0.4 is 4.74 Å². The third-order valence-corrected chi connectivity index (χ3v) is 4.70. The van der Waals surface area contributed by atoms with Crippen molar-refractivity contribution >= 4 is 5.97 Å². The van der Waals surface area contributed by atoms with Gasteiger partial charge in [0.1, 0.15) is 5.75 Å². The van der Waals surface area contributed by atoms with Crippen LogP contribution in [0.25, 0.3) is 16.8 Å². The van der Waals surface area contributed by atoms with E-state index in [0.717, 1.165) is 6.07 Å². The number of halogens is 3. The van der Waals surface area contributed by atoms with Crippen molar-refractivity contribution in [3.8, 4) is 22.6 Å². The summed E-state index contributed by atoms with van der Waals surface area (Å²) in [5.74, 6) is -0.683. The van der Waals surface area contributed by atoms with Gasteiger partial charge in [0.05, 0.1) is 23.4 Å².